The highest BCUT2D eigenvalue weighted by Gasteiger charge is 2.49. The molecule has 2 fully saturated rings. The first kappa shape index (κ1) is 58.1. The van der Waals surface area contributed by atoms with E-state index in [9.17, 15) is 83.9 Å². The van der Waals surface area contributed by atoms with E-state index in [0.29, 0.717) is 47.6 Å². The fourth-order valence-electron chi connectivity index (χ4n) is 7.80. The van der Waals surface area contributed by atoms with Gasteiger partial charge >= 0.3 is 40.3 Å². The number of nitrogen functional groups attached to an aromatic ring is 2. The molecule has 0 saturated heterocycles. The number of nitrogens with one attached hydrogen (secondary N) is 5. The number of hydrogen-bond donors (Lipinski definition) is 7. The Morgan fingerprint density at radius 2 is 1.07 bits per heavy atom. The van der Waals surface area contributed by atoms with E-state index < -0.39 is 70.8 Å². The molecule has 0 spiro atoms. The second-order valence-corrected chi connectivity index (χ2v) is 18.7. The van der Waals surface area contributed by atoms with Gasteiger partial charge in [-0.2, -0.15) is 84.5 Å². The minimum absolute atomic E-state index is 0.00993. The molecule has 2 amide bonds. The summed E-state index contributed by atoms with van der Waals surface area (Å²) in [6.07, 6.45) is -8.99. The van der Waals surface area contributed by atoms with Gasteiger partial charge in [0.2, 0.25) is 0 Å². The maximum atomic E-state index is 13.0. The van der Waals surface area contributed by atoms with Crippen molar-refractivity contribution in [2.24, 2.45) is 0 Å². The summed E-state index contributed by atoms with van der Waals surface area (Å²) < 4.78 is 209. The van der Waals surface area contributed by atoms with Crippen molar-refractivity contribution in [3.63, 3.8) is 0 Å². The van der Waals surface area contributed by atoms with E-state index in [1.54, 1.807) is 24.3 Å². The topological polar surface area (TPSA) is 259 Å². The van der Waals surface area contributed by atoms with E-state index in [0.717, 1.165) is 44.3 Å². The van der Waals surface area contributed by atoms with Crippen LogP contribution in [0, 0.1) is 0 Å². The van der Waals surface area contributed by atoms with Gasteiger partial charge in [-0.3, -0.25) is 32.4 Å². The lowest BCUT2D eigenvalue weighted by atomic mass is 9.91. The Morgan fingerprint density at radius 1 is 0.632 bits per heavy atom. The van der Waals surface area contributed by atoms with Crippen LogP contribution in [-0.2, 0) is 33.2 Å². The minimum Gasteiger partial charge on any atom is -0.383 e. The Hall–Kier alpha value is -7.20. The molecule has 35 heteroatoms. The quantitative estimate of drug-likeness (QED) is 0.0368. The summed E-state index contributed by atoms with van der Waals surface area (Å²) in [7, 11) is -6.15. The molecule has 418 valence electrons. The van der Waals surface area contributed by atoms with Gasteiger partial charge in [-0.1, -0.05) is 12.1 Å². The first-order chi connectivity index (χ1) is 35.2. The number of fused-ring (bicyclic) bond motifs is 2. The number of imidazole rings is 2. The number of rotatable bonds is 11. The van der Waals surface area contributed by atoms with Crippen molar-refractivity contribution in [2.45, 2.75) is 112 Å². The van der Waals surface area contributed by atoms with Crippen LogP contribution in [0.3, 0.4) is 0 Å². The van der Waals surface area contributed by atoms with Gasteiger partial charge in [-0.25, -0.2) is 9.97 Å². The Bertz CT molecular complexity index is 3060. The van der Waals surface area contributed by atoms with Gasteiger partial charge in [0.15, 0.2) is 23.8 Å². The summed E-state index contributed by atoms with van der Waals surface area (Å²) >= 11 is 0. The van der Waals surface area contributed by atoms with Crippen molar-refractivity contribution in [3.8, 4) is 0 Å². The van der Waals surface area contributed by atoms with Crippen LogP contribution in [-0.4, -0.2) is 108 Å². The lowest BCUT2D eigenvalue weighted by molar-refractivity contribution is -0.156. The molecule has 76 heavy (non-hydrogen) atoms. The van der Waals surface area contributed by atoms with E-state index in [1.165, 1.54) is 27.1 Å². The van der Waals surface area contributed by atoms with Crippen LogP contribution in [0.5, 0.6) is 0 Å². The molecule has 0 aliphatic heterocycles. The summed E-state index contributed by atoms with van der Waals surface area (Å²) in [5.74, 6) is 0.0935. The number of halogens is 15. The predicted octanol–water partition coefficient (Wildman–Crippen LogP) is 8.07. The zero-order valence-corrected chi connectivity index (χ0v) is 39.4. The molecule has 0 unspecified atom stereocenters. The van der Waals surface area contributed by atoms with Crippen LogP contribution in [0.2, 0.25) is 0 Å². The fourth-order valence-corrected chi connectivity index (χ4v) is 8.23. The zero-order chi connectivity index (χ0) is 56.2. The van der Waals surface area contributed by atoms with Crippen LogP contribution >= 0.6 is 0 Å². The third-order valence-electron chi connectivity index (χ3n) is 11.3. The van der Waals surface area contributed by atoms with Gasteiger partial charge < -0.3 is 32.7 Å². The number of hydrogen-bond acceptors (Lipinski definition) is 13. The summed E-state index contributed by atoms with van der Waals surface area (Å²) in [6.45, 7) is -3.84. The number of aromatic amines is 1. The largest absolute Gasteiger partial charge is 0.523 e. The third-order valence-corrected chi connectivity index (χ3v) is 12.3. The molecular weight excluding hydrogens is 1090 g/mol. The molecule has 0 bridgehead atoms. The molecule has 0 atom stereocenters. The van der Waals surface area contributed by atoms with E-state index in [1.807, 2.05) is 0 Å². The average Bonchev–Trinajstić information content (AvgIpc) is 4.13. The highest BCUT2D eigenvalue weighted by atomic mass is 32.2. The molecule has 9 N–H and O–H groups in total. The van der Waals surface area contributed by atoms with Crippen LogP contribution in [0.1, 0.15) is 83.5 Å². The van der Waals surface area contributed by atoms with Gasteiger partial charge in [0.25, 0.3) is 11.8 Å². The van der Waals surface area contributed by atoms with Crippen molar-refractivity contribution in [3.05, 3.63) is 83.7 Å². The highest BCUT2D eigenvalue weighted by Crippen LogP contribution is 2.33. The van der Waals surface area contributed by atoms with Gasteiger partial charge in [0.05, 0.1) is 6.20 Å². The van der Waals surface area contributed by atoms with E-state index in [4.69, 9.17) is 11.5 Å². The number of H-pyrrole nitrogens is 1. The Kier molecular flexibility index (Phi) is 17.2. The molecule has 8 rings (SSSR count). The summed E-state index contributed by atoms with van der Waals surface area (Å²) in [5.41, 5.74) is 4.12. The van der Waals surface area contributed by atoms with Crippen LogP contribution in [0.25, 0.3) is 11.3 Å². The summed E-state index contributed by atoms with van der Waals surface area (Å²) in [4.78, 5) is 32.0. The summed E-state index contributed by atoms with van der Waals surface area (Å²) in [6, 6.07) is 9.51. The minimum atomic E-state index is -6.15. The average molecular weight is 1130 g/mol. The van der Waals surface area contributed by atoms with Crippen LogP contribution < -0.4 is 32.7 Å². The van der Waals surface area contributed by atoms with Crippen molar-refractivity contribution < 1.29 is 88.0 Å². The zero-order valence-electron chi connectivity index (χ0n) is 38.6. The molecular formula is C41H43F15N14O5S. The highest BCUT2D eigenvalue weighted by molar-refractivity contribution is 7.87. The van der Waals surface area contributed by atoms with Crippen molar-refractivity contribution in [1.29, 1.82) is 0 Å². The molecule has 19 nitrogen and oxygen atoms in total. The molecule has 6 aromatic rings. The summed E-state index contributed by atoms with van der Waals surface area (Å²) in [5, 5.41) is 22.1. The SMILES string of the molecule is Nc1[nH]ncc1C(=O)NC1CCC(Nc2cccc3nc(C(F)(F)F)cn23)CC1.Nc1nn(CC(F)(F)F)cc1C(=O)NC1CCC(Nc2cccc3nc(C(F)(F)F)cn23)CC1.O=S(=O)(OCC(F)(F)F)C(F)(F)F. The maximum Gasteiger partial charge on any atom is 0.523 e. The lowest BCUT2D eigenvalue weighted by Gasteiger charge is -2.30. The second-order valence-electron chi connectivity index (χ2n) is 17.1. The van der Waals surface area contributed by atoms with Crippen LogP contribution in [0.15, 0.2) is 61.2 Å². The lowest BCUT2D eigenvalue weighted by Crippen LogP contribution is -2.40. The Morgan fingerprint density at radius 3 is 1.45 bits per heavy atom. The Labute approximate surface area is 418 Å². The number of carbonyl (C=O) groups is 2. The number of amides is 2. The van der Waals surface area contributed by atoms with Crippen molar-refractivity contribution in [1.82, 2.24) is 49.4 Å². The van der Waals surface area contributed by atoms with E-state index in [2.05, 4.69) is 50.7 Å². The van der Waals surface area contributed by atoms with Gasteiger partial charge in [0.1, 0.15) is 46.4 Å². The normalized spacial score (nSPS) is 18.8. The second kappa shape index (κ2) is 22.6. The monoisotopic (exact) mass is 1130 g/mol. The van der Waals surface area contributed by atoms with Crippen molar-refractivity contribution in [2.75, 3.05) is 28.7 Å². The number of nitrogens with zero attached hydrogens (tertiary/aromatic N) is 7. The molecule has 0 aromatic carbocycles. The number of alkyl halides is 15. The smallest absolute Gasteiger partial charge is 0.383 e. The molecule has 2 saturated carbocycles. The van der Waals surface area contributed by atoms with Gasteiger partial charge in [0, 0.05) is 42.8 Å². The third kappa shape index (κ3) is 15.7. The van der Waals surface area contributed by atoms with E-state index >= 15 is 0 Å². The van der Waals surface area contributed by atoms with Crippen LogP contribution in [0.4, 0.5) is 89.1 Å². The standard InChI is InChI=1S/C20H21F6N7O.C18H20F3N7O.C3H2F6O3S/c21-19(22,23)10-32-8-13(17(27)31-32)18(34)29-12-6-4-11(5-7-12)28-15-2-1-3-16-30-14(9-33(15)16)20(24,25)26;19-18(20,21)13-9-28-14(2-1-3-15(28)26-13)24-10-4-6-11(7-5-10)25-17(29)12-8-23-27-16(12)22;4-2(5,6)1-12-13(10,11)3(7,8)9/h1-3,8-9,11-12,28H,4-7,10H2,(H2,27,31)(H,29,34);1-3,8-11,24H,4-7H2,(H,25,29)(H3,22,23,27);1H2. The van der Waals surface area contributed by atoms with E-state index in [-0.39, 0.29) is 58.6 Å². The number of anilines is 4. The number of nitrogens with two attached hydrogens (primary N) is 2. The first-order valence-electron chi connectivity index (χ1n) is 22.1. The molecule has 0 radical (unpaired) electrons. The predicted molar refractivity (Wildman–Crippen MR) is 237 cm³/mol. The number of pyridine rings is 2. The number of carbonyl (C=O) groups excluding carboxylic acids is 2. The molecule has 2 aliphatic carbocycles. The Balaban J connectivity index is 0.000000203. The van der Waals surface area contributed by atoms with Crippen molar-refractivity contribution >= 4 is 56.5 Å². The van der Waals surface area contributed by atoms with Gasteiger partial charge in [-0.15, -0.1) is 0 Å². The maximum absolute atomic E-state index is 13.0. The molecule has 6 heterocycles. The number of aromatic nitrogens is 8. The first-order valence-corrected chi connectivity index (χ1v) is 23.5. The fraction of sp³-hybridized carbons (Fsp3) is 0.463. The molecule has 2 aliphatic rings. The van der Waals surface area contributed by atoms with Gasteiger partial charge in [-0.05, 0) is 75.6 Å². The molecule has 6 aromatic heterocycles.